The van der Waals surface area contributed by atoms with Gasteiger partial charge in [0.05, 0.1) is 0 Å². The first-order chi connectivity index (χ1) is 8.97. The molecule has 2 nitrogen and oxygen atoms in total. The summed E-state index contributed by atoms with van der Waals surface area (Å²) in [5.74, 6) is 0.847. The minimum atomic E-state index is -0.0722. The van der Waals surface area contributed by atoms with Crippen molar-refractivity contribution in [2.75, 3.05) is 0 Å². The maximum absolute atomic E-state index is 11.4. The van der Waals surface area contributed by atoms with Crippen molar-refractivity contribution in [3.05, 3.63) is 35.4 Å². The standard InChI is InChI=1S/C16H22O2S/c1-10(2)14-7-5-13(6-8-14)9-11(3)16-18-15(17)12(4)19-16/h5-8,10-12,16H,9H2,1-4H3. The first-order valence-corrected chi connectivity index (χ1v) is 7.86. The number of hydrogen-bond donors (Lipinski definition) is 0. The van der Waals surface area contributed by atoms with Crippen molar-refractivity contribution < 1.29 is 9.53 Å². The van der Waals surface area contributed by atoms with E-state index in [0.29, 0.717) is 11.8 Å². The molecule has 0 amide bonds. The summed E-state index contributed by atoms with van der Waals surface area (Å²) in [5.41, 5.74) is 2.69. The summed E-state index contributed by atoms with van der Waals surface area (Å²) in [6.07, 6.45) is 0.954. The molecule has 0 aromatic heterocycles. The van der Waals surface area contributed by atoms with Gasteiger partial charge in [-0.1, -0.05) is 45.0 Å². The van der Waals surface area contributed by atoms with E-state index in [1.165, 1.54) is 11.1 Å². The smallest absolute Gasteiger partial charge is 0.320 e. The maximum atomic E-state index is 11.4. The van der Waals surface area contributed by atoms with E-state index in [0.717, 1.165) is 6.42 Å². The Morgan fingerprint density at radius 1 is 1.21 bits per heavy atom. The topological polar surface area (TPSA) is 26.3 Å². The van der Waals surface area contributed by atoms with Crippen LogP contribution in [0.2, 0.25) is 0 Å². The van der Waals surface area contributed by atoms with Crippen molar-refractivity contribution in [3.63, 3.8) is 0 Å². The third-order valence-corrected chi connectivity index (χ3v) is 5.00. The molecule has 0 N–H and O–H groups in total. The molecule has 104 valence electrons. The summed E-state index contributed by atoms with van der Waals surface area (Å²) in [4.78, 5) is 11.4. The summed E-state index contributed by atoms with van der Waals surface area (Å²) in [7, 11) is 0. The van der Waals surface area contributed by atoms with Crippen molar-refractivity contribution >= 4 is 17.7 Å². The molecule has 19 heavy (non-hydrogen) atoms. The predicted molar refractivity (Wildman–Crippen MR) is 80.3 cm³/mol. The largest absolute Gasteiger partial charge is 0.450 e. The third-order valence-electron chi connectivity index (χ3n) is 3.57. The molecule has 1 aliphatic heterocycles. The zero-order chi connectivity index (χ0) is 14.0. The Morgan fingerprint density at radius 3 is 2.32 bits per heavy atom. The van der Waals surface area contributed by atoms with E-state index in [2.05, 4.69) is 45.0 Å². The molecule has 3 heteroatoms. The van der Waals surface area contributed by atoms with Gasteiger partial charge in [-0.3, -0.25) is 4.79 Å². The fourth-order valence-electron chi connectivity index (χ4n) is 2.25. The molecule has 3 unspecified atom stereocenters. The number of benzene rings is 1. The van der Waals surface area contributed by atoms with Gasteiger partial charge >= 0.3 is 5.97 Å². The summed E-state index contributed by atoms with van der Waals surface area (Å²) in [6, 6.07) is 8.78. The van der Waals surface area contributed by atoms with E-state index in [1.807, 2.05) is 6.92 Å². The lowest BCUT2D eigenvalue weighted by atomic mass is 9.97. The molecular formula is C16H22O2S. The second-order valence-electron chi connectivity index (χ2n) is 5.66. The van der Waals surface area contributed by atoms with E-state index in [1.54, 1.807) is 11.8 Å². The second kappa shape index (κ2) is 6.00. The van der Waals surface area contributed by atoms with Gasteiger partial charge in [-0.2, -0.15) is 0 Å². The van der Waals surface area contributed by atoms with Crippen molar-refractivity contribution in [3.8, 4) is 0 Å². The quantitative estimate of drug-likeness (QED) is 0.779. The highest BCUT2D eigenvalue weighted by atomic mass is 32.2. The Balaban J connectivity index is 1.95. The summed E-state index contributed by atoms with van der Waals surface area (Å²) < 4.78 is 5.39. The predicted octanol–water partition coefficient (Wildman–Crippen LogP) is 3.99. The Morgan fingerprint density at radius 2 is 1.84 bits per heavy atom. The van der Waals surface area contributed by atoms with Gasteiger partial charge in [0, 0.05) is 5.92 Å². The van der Waals surface area contributed by atoms with Gasteiger partial charge in [-0.05, 0) is 30.4 Å². The molecule has 0 bridgehead atoms. The van der Waals surface area contributed by atoms with Crippen LogP contribution in [-0.2, 0) is 16.0 Å². The van der Waals surface area contributed by atoms with Crippen LogP contribution < -0.4 is 0 Å². The second-order valence-corrected chi connectivity index (χ2v) is 7.11. The Labute approximate surface area is 119 Å². The molecule has 1 aromatic carbocycles. The molecule has 0 radical (unpaired) electrons. The van der Waals surface area contributed by atoms with E-state index in [9.17, 15) is 4.79 Å². The number of cyclic esters (lactones) is 1. The SMILES string of the molecule is CC1SC(C(C)Cc2ccc(C(C)C)cc2)OC1=O. The number of ether oxygens (including phenoxy) is 1. The lowest BCUT2D eigenvalue weighted by Gasteiger charge is -2.17. The number of thioether (sulfide) groups is 1. The van der Waals surface area contributed by atoms with Gasteiger partial charge in [0.1, 0.15) is 5.25 Å². The molecule has 1 saturated heterocycles. The van der Waals surface area contributed by atoms with Crippen LogP contribution in [0.1, 0.15) is 44.7 Å². The lowest BCUT2D eigenvalue weighted by molar-refractivity contribution is -0.143. The Hall–Kier alpha value is -0.960. The molecular weight excluding hydrogens is 256 g/mol. The molecule has 0 saturated carbocycles. The fourth-order valence-corrected chi connectivity index (χ4v) is 3.34. The minimum Gasteiger partial charge on any atom is -0.450 e. The summed E-state index contributed by atoms with van der Waals surface area (Å²) in [6.45, 7) is 8.47. The van der Waals surface area contributed by atoms with Gasteiger partial charge < -0.3 is 4.74 Å². The average Bonchev–Trinajstić information content (AvgIpc) is 2.70. The molecule has 1 fully saturated rings. The van der Waals surface area contributed by atoms with Crippen molar-refractivity contribution in [2.24, 2.45) is 5.92 Å². The number of esters is 1. The first kappa shape index (κ1) is 14.4. The molecule has 2 rings (SSSR count). The maximum Gasteiger partial charge on any atom is 0.320 e. The van der Waals surface area contributed by atoms with Crippen molar-refractivity contribution in [1.82, 2.24) is 0 Å². The monoisotopic (exact) mass is 278 g/mol. The number of rotatable bonds is 4. The van der Waals surface area contributed by atoms with Crippen LogP contribution in [0.15, 0.2) is 24.3 Å². The Kier molecular flexibility index (Phi) is 4.56. The van der Waals surface area contributed by atoms with Crippen LogP contribution in [-0.4, -0.2) is 16.7 Å². The highest BCUT2D eigenvalue weighted by Gasteiger charge is 2.35. The fraction of sp³-hybridized carbons (Fsp3) is 0.562. The van der Waals surface area contributed by atoms with Crippen LogP contribution in [0.25, 0.3) is 0 Å². The van der Waals surface area contributed by atoms with Crippen LogP contribution in [0.4, 0.5) is 0 Å². The minimum absolute atomic E-state index is 0.00674. The zero-order valence-corrected chi connectivity index (χ0v) is 12.9. The highest BCUT2D eigenvalue weighted by molar-refractivity contribution is 8.01. The normalized spacial score (nSPS) is 24.6. The van der Waals surface area contributed by atoms with Gasteiger partial charge in [0.15, 0.2) is 5.44 Å². The third kappa shape index (κ3) is 3.53. The number of carbonyl (C=O) groups excluding carboxylic acids is 1. The average molecular weight is 278 g/mol. The zero-order valence-electron chi connectivity index (χ0n) is 12.1. The molecule has 1 aromatic rings. The molecule has 0 spiro atoms. The molecule has 1 aliphatic rings. The van der Waals surface area contributed by atoms with Crippen molar-refractivity contribution in [1.29, 1.82) is 0 Å². The van der Waals surface area contributed by atoms with Crippen LogP contribution in [0, 0.1) is 5.92 Å². The molecule has 0 aliphatic carbocycles. The molecule has 3 atom stereocenters. The highest BCUT2D eigenvalue weighted by Crippen LogP contribution is 2.34. The first-order valence-electron chi connectivity index (χ1n) is 6.92. The number of hydrogen-bond acceptors (Lipinski definition) is 3. The lowest BCUT2D eigenvalue weighted by Crippen LogP contribution is -2.17. The summed E-state index contributed by atoms with van der Waals surface area (Å²) >= 11 is 1.64. The van der Waals surface area contributed by atoms with E-state index >= 15 is 0 Å². The van der Waals surface area contributed by atoms with E-state index in [4.69, 9.17) is 4.74 Å². The summed E-state index contributed by atoms with van der Waals surface area (Å²) in [5, 5.41) is -0.0178. The van der Waals surface area contributed by atoms with Crippen LogP contribution in [0.3, 0.4) is 0 Å². The van der Waals surface area contributed by atoms with E-state index < -0.39 is 0 Å². The Bertz CT molecular complexity index is 439. The van der Waals surface area contributed by atoms with Crippen LogP contribution >= 0.6 is 11.8 Å². The van der Waals surface area contributed by atoms with Gasteiger partial charge in [-0.25, -0.2) is 0 Å². The van der Waals surface area contributed by atoms with E-state index in [-0.39, 0.29) is 16.7 Å². The van der Waals surface area contributed by atoms with Gasteiger partial charge in [0.25, 0.3) is 0 Å². The van der Waals surface area contributed by atoms with Crippen molar-refractivity contribution in [2.45, 2.75) is 50.7 Å². The van der Waals surface area contributed by atoms with Crippen LogP contribution in [0.5, 0.6) is 0 Å². The van der Waals surface area contributed by atoms with Gasteiger partial charge in [-0.15, -0.1) is 11.8 Å². The number of carbonyl (C=O) groups is 1. The van der Waals surface area contributed by atoms with Gasteiger partial charge in [0.2, 0.25) is 0 Å². The molecule has 1 heterocycles.